The average Bonchev–Trinajstić information content (AvgIpc) is 3.02. The van der Waals surface area contributed by atoms with E-state index >= 15 is 0 Å². The Labute approximate surface area is 127 Å². The van der Waals surface area contributed by atoms with Crippen molar-refractivity contribution in [1.29, 1.82) is 0 Å². The van der Waals surface area contributed by atoms with E-state index in [1.165, 1.54) is 50.8 Å². The maximum absolute atomic E-state index is 12.2. The topological polar surface area (TPSA) is 32.3 Å². The van der Waals surface area contributed by atoms with Crippen LogP contribution in [0.15, 0.2) is 24.3 Å². The van der Waals surface area contributed by atoms with Gasteiger partial charge in [-0.2, -0.15) is 0 Å². The van der Waals surface area contributed by atoms with Crippen molar-refractivity contribution < 1.29 is 4.79 Å². The van der Waals surface area contributed by atoms with Crippen LogP contribution in [0.25, 0.3) is 0 Å². The van der Waals surface area contributed by atoms with Crippen molar-refractivity contribution in [1.82, 2.24) is 10.2 Å². The zero-order valence-electron chi connectivity index (χ0n) is 12.8. The van der Waals surface area contributed by atoms with Gasteiger partial charge in [0.15, 0.2) is 0 Å². The van der Waals surface area contributed by atoms with Gasteiger partial charge in [-0.1, -0.05) is 31.4 Å². The highest BCUT2D eigenvalue weighted by molar-refractivity contribution is 5.94. The standard InChI is InChI=1S/C18H26N2O/c21-18(19-17-6-2-3-7-17)16-10-8-15(9-11-16)14-20-12-4-1-5-13-20/h8-11,17H,1-7,12-14H2,(H,19,21). The van der Waals surface area contributed by atoms with Gasteiger partial charge in [0.2, 0.25) is 0 Å². The third-order valence-electron chi connectivity index (χ3n) is 4.76. The van der Waals surface area contributed by atoms with Gasteiger partial charge in [-0.3, -0.25) is 9.69 Å². The van der Waals surface area contributed by atoms with Crippen LogP contribution >= 0.6 is 0 Å². The van der Waals surface area contributed by atoms with Gasteiger partial charge in [-0.25, -0.2) is 0 Å². The third kappa shape index (κ3) is 4.07. The zero-order valence-corrected chi connectivity index (χ0v) is 12.8. The lowest BCUT2D eigenvalue weighted by Crippen LogP contribution is -2.32. The van der Waals surface area contributed by atoms with Crippen LogP contribution in [0.4, 0.5) is 0 Å². The Balaban J connectivity index is 1.54. The minimum absolute atomic E-state index is 0.0893. The number of carbonyl (C=O) groups is 1. The van der Waals surface area contributed by atoms with Gasteiger partial charge in [0.1, 0.15) is 0 Å². The number of nitrogens with one attached hydrogen (secondary N) is 1. The average molecular weight is 286 g/mol. The number of amides is 1. The Hall–Kier alpha value is -1.35. The Morgan fingerprint density at radius 3 is 2.33 bits per heavy atom. The Morgan fingerprint density at radius 1 is 1.00 bits per heavy atom. The lowest BCUT2D eigenvalue weighted by molar-refractivity contribution is 0.0938. The number of nitrogens with zero attached hydrogens (tertiary/aromatic N) is 1. The summed E-state index contributed by atoms with van der Waals surface area (Å²) in [6, 6.07) is 8.56. The third-order valence-corrected chi connectivity index (χ3v) is 4.76. The molecule has 1 aromatic rings. The van der Waals surface area contributed by atoms with Crippen LogP contribution in [-0.4, -0.2) is 29.9 Å². The Morgan fingerprint density at radius 2 is 1.67 bits per heavy atom. The highest BCUT2D eigenvalue weighted by atomic mass is 16.1. The molecule has 0 radical (unpaired) electrons. The number of benzene rings is 1. The Bertz CT molecular complexity index is 457. The van der Waals surface area contributed by atoms with Gasteiger partial charge in [0.25, 0.3) is 5.91 Å². The van der Waals surface area contributed by atoms with E-state index < -0.39 is 0 Å². The van der Waals surface area contributed by atoms with Crippen LogP contribution in [0.3, 0.4) is 0 Å². The van der Waals surface area contributed by atoms with E-state index in [4.69, 9.17) is 0 Å². The first kappa shape index (κ1) is 14.6. The van der Waals surface area contributed by atoms with Crippen LogP contribution in [0.5, 0.6) is 0 Å². The molecule has 1 aliphatic heterocycles. The number of hydrogen-bond donors (Lipinski definition) is 1. The number of likely N-dealkylation sites (tertiary alicyclic amines) is 1. The maximum Gasteiger partial charge on any atom is 0.251 e. The Kier molecular flexibility index (Phi) is 4.91. The van der Waals surface area contributed by atoms with Crippen LogP contribution < -0.4 is 5.32 Å². The highest BCUT2D eigenvalue weighted by Crippen LogP contribution is 2.18. The molecule has 3 nitrogen and oxygen atoms in total. The lowest BCUT2D eigenvalue weighted by Gasteiger charge is -2.26. The van der Waals surface area contributed by atoms with Crippen molar-refractivity contribution in [2.75, 3.05) is 13.1 Å². The van der Waals surface area contributed by atoms with Gasteiger partial charge in [0, 0.05) is 18.2 Å². The molecule has 0 atom stereocenters. The fourth-order valence-corrected chi connectivity index (χ4v) is 3.48. The first-order chi connectivity index (χ1) is 10.3. The lowest BCUT2D eigenvalue weighted by atomic mass is 10.1. The summed E-state index contributed by atoms with van der Waals surface area (Å²) in [5.74, 6) is 0.0893. The largest absolute Gasteiger partial charge is 0.349 e. The van der Waals surface area contributed by atoms with Crippen LogP contribution in [0, 0.1) is 0 Å². The molecule has 2 aliphatic rings. The SMILES string of the molecule is O=C(NC1CCCC1)c1ccc(CN2CCCCC2)cc1. The minimum atomic E-state index is 0.0893. The van der Waals surface area contributed by atoms with Gasteiger partial charge in [-0.05, 0) is 56.5 Å². The van der Waals surface area contributed by atoms with Gasteiger partial charge in [0.05, 0.1) is 0 Å². The summed E-state index contributed by atoms with van der Waals surface area (Å²) in [7, 11) is 0. The first-order valence-corrected chi connectivity index (χ1v) is 8.43. The van der Waals surface area contributed by atoms with E-state index in [1.54, 1.807) is 0 Å². The summed E-state index contributed by atoms with van der Waals surface area (Å²) in [6.45, 7) is 3.44. The molecule has 1 aromatic carbocycles. The molecule has 1 aliphatic carbocycles. The van der Waals surface area contributed by atoms with Crippen LogP contribution in [0.1, 0.15) is 60.9 Å². The van der Waals surface area contributed by atoms with E-state index in [2.05, 4.69) is 22.3 Å². The fourth-order valence-electron chi connectivity index (χ4n) is 3.48. The van der Waals surface area contributed by atoms with E-state index in [9.17, 15) is 4.79 Å². The van der Waals surface area contributed by atoms with Crippen molar-refractivity contribution in [2.24, 2.45) is 0 Å². The molecule has 114 valence electrons. The van der Waals surface area contributed by atoms with Crippen molar-refractivity contribution in [3.8, 4) is 0 Å². The molecule has 2 fully saturated rings. The molecular weight excluding hydrogens is 260 g/mol. The summed E-state index contributed by atoms with van der Waals surface area (Å²) >= 11 is 0. The molecule has 0 spiro atoms. The van der Waals surface area contributed by atoms with Crippen molar-refractivity contribution in [2.45, 2.75) is 57.5 Å². The molecule has 3 heteroatoms. The molecule has 21 heavy (non-hydrogen) atoms. The fraction of sp³-hybridized carbons (Fsp3) is 0.611. The smallest absolute Gasteiger partial charge is 0.251 e. The summed E-state index contributed by atoms with van der Waals surface area (Å²) in [5, 5.41) is 3.15. The summed E-state index contributed by atoms with van der Waals surface area (Å²) in [5.41, 5.74) is 2.11. The molecule has 1 saturated carbocycles. The molecule has 1 amide bonds. The summed E-state index contributed by atoms with van der Waals surface area (Å²) < 4.78 is 0. The normalized spacial score (nSPS) is 20.6. The van der Waals surface area contributed by atoms with Crippen molar-refractivity contribution in [3.63, 3.8) is 0 Å². The summed E-state index contributed by atoms with van der Waals surface area (Å²) in [6.07, 6.45) is 8.79. The second-order valence-electron chi connectivity index (χ2n) is 6.49. The molecule has 1 N–H and O–H groups in total. The van der Waals surface area contributed by atoms with Gasteiger partial charge >= 0.3 is 0 Å². The quantitative estimate of drug-likeness (QED) is 0.920. The molecule has 0 bridgehead atoms. The molecule has 0 unspecified atom stereocenters. The number of hydrogen-bond acceptors (Lipinski definition) is 2. The van der Waals surface area contributed by atoms with Crippen molar-refractivity contribution >= 4 is 5.91 Å². The first-order valence-electron chi connectivity index (χ1n) is 8.43. The van der Waals surface area contributed by atoms with E-state index in [1.807, 2.05) is 12.1 Å². The summed E-state index contributed by atoms with van der Waals surface area (Å²) in [4.78, 5) is 14.7. The highest BCUT2D eigenvalue weighted by Gasteiger charge is 2.18. The minimum Gasteiger partial charge on any atom is -0.349 e. The van der Waals surface area contributed by atoms with E-state index in [-0.39, 0.29) is 5.91 Å². The molecule has 1 saturated heterocycles. The van der Waals surface area contributed by atoms with Crippen molar-refractivity contribution in [3.05, 3.63) is 35.4 Å². The van der Waals surface area contributed by atoms with Gasteiger partial charge < -0.3 is 5.32 Å². The van der Waals surface area contributed by atoms with Crippen LogP contribution in [0.2, 0.25) is 0 Å². The number of rotatable bonds is 4. The molecule has 3 rings (SSSR count). The molecular formula is C18H26N2O. The predicted molar refractivity (Wildman–Crippen MR) is 85.3 cm³/mol. The number of piperidine rings is 1. The van der Waals surface area contributed by atoms with E-state index in [0.29, 0.717) is 6.04 Å². The van der Waals surface area contributed by atoms with Crippen LogP contribution in [-0.2, 0) is 6.54 Å². The molecule has 1 heterocycles. The van der Waals surface area contributed by atoms with E-state index in [0.717, 1.165) is 24.9 Å². The predicted octanol–water partition coefficient (Wildman–Crippen LogP) is 3.34. The maximum atomic E-state index is 12.2. The second-order valence-corrected chi connectivity index (χ2v) is 6.49. The molecule has 0 aromatic heterocycles. The van der Waals surface area contributed by atoms with Gasteiger partial charge in [-0.15, -0.1) is 0 Å². The zero-order chi connectivity index (χ0) is 14.5. The second kappa shape index (κ2) is 7.08. The monoisotopic (exact) mass is 286 g/mol. The number of carbonyl (C=O) groups excluding carboxylic acids is 1.